The first-order valence-electron chi connectivity index (χ1n) is 13.1. The summed E-state index contributed by atoms with van der Waals surface area (Å²) in [7, 11) is 0. The summed E-state index contributed by atoms with van der Waals surface area (Å²) in [6, 6.07) is 10.4. The van der Waals surface area contributed by atoms with Crippen molar-refractivity contribution in [3.63, 3.8) is 0 Å². The van der Waals surface area contributed by atoms with E-state index in [0.717, 1.165) is 19.0 Å². The van der Waals surface area contributed by atoms with E-state index in [9.17, 15) is 4.79 Å². The molecule has 0 N–H and O–H groups in total. The second-order valence-electron chi connectivity index (χ2n) is 10.8. The van der Waals surface area contributed by atoms with E-state index in [0.29, 0.717) is 6.42 Å². The van der Waals surface area contributed by atoms with Gasteiger partial charge in [-0.25, -0.2) is 0 Å². The molecule has 0 heterocycles. The molecule has 0 atom stereocenters. The second kappa shape index (κ2) is 15.8. The van der Waals surface area contributed by atoms with Crippen molar-refractivity contribution in [1.29, 1.82) is 0 Å². The Morgan fingerprint density at radius 1 is 0.677 bits per heavy atom. The Bertz CT molecular complexity index is 574. The van der Waals surface area contributed by atoms with E-state index in [-0.39, 0.29) is 5.97 Å². The molecule has 0 aliphatic carbocycles. The predicted octanol–water partition coefficient (Wildman–Crippen LogP) is 9.35. The Balaban J connectivity index is 1.97. The van der Waals surface area contributed by atoms with Gasteiger partial charge in [-0.1, -0.05) is 45.4 Å². The third kappa shape index (κ3) is 16.4. The maximum absolute atomic E-state index is 12.4. The van der Waals surface area contributed by atoms with Crippen LogP contribution in [-0.4, -0.2) is 26.0 Å². The molecule has 0 saturated heterocycles. The van der Waals surface area contributed by atoms with Gasteiger partial charge in [0.25, 0.3) is 0 Å². The summed E-state index contributed by atoms with van der Waals surface area (Å²) in [6.07, 6.45) is 21.6. The third-order valence-electron chi connectivity index (χ3n) is 5.99. The van der Waals surface area contributed by atoms with Gasteiger partial charge in [0.1, 0.15) is 0 Å². The van der Waals surface area contributed by atoms with Crippen LogP contribution in [0.3, 0.4) is 0 Å². The molecule has 0 radical (unpaired) electrons. The first-order valence-corrected chi connectivity index (χ1v) is 16.8. The predicted molar refractivity (Wildman–Crippen MR) is 140 cm³/mol. The van der Waals surface area contributed by atoms with Crippen LogP contribution in [0.4, 0.5) is 0 Å². The van der Waals surface area contributed by atoms with E-state index in [2.05, 4.69) is 51.2 Å². The molecule has 0 spiro atoms. The van der Waals surface area contributed by atoms with Gasteiger partial charge >= 0.3 is 148 Å². The van der Waals surface area contributed by atoms with Crippen LogP contribution in [0.25, 0.3) is 0 Å². The summed E-state index contributed by atoms with van der Waals surface area (Å²) in [4.78, 5) is 12.4. The monoisotopic (exact) mass is 450 g/mol. The molecule has 0 fully saturated rings. The topological polar surface area (TPSA) is 26.3 Å². The molecular formula is C28H51O2P. The molecule has 0 aromatic heterocycles. The summed E-state index contributed by atoms with van der Waals surface area (Å²) in [5.74, 6) is -0.00390. The fraction of sp³-hybridized carbons (Fsp3) is 0.750. The normalized spacial score (nSPS) is 13.0. The summed E-state index contributed by atoms with van der Waals surface area (Å²) in [5.41, 5.74) is 1.26. The number of carbonyl (C=O) groups excluding carboxylic acids is 1. The van der Waals surface area contributed by atoms with Crippen LogP contribution in [0.2, 0.25) is 0 Å². The van der Waals surface area contributed by atoms with Gasteiger partial charge in [0.05, 0.1) is 0 Å². The quantitative estimate of drug-likeness (QED) is 0.155. The number of carbonyl (C=O) groups is 1. The molecule has 1 aromatic rings. The van der Waals surface area contributed by atoms with Gasteiger partial charge in [0, 0.05) is 0 Å². The van der Waals surface area contributed by atoms with Crippen molar-refractivity contribution in [2.75, 3.05) is 20.0 Å². The molecule has 0 bridgehead atoms. The van der Waals surface area contributed by atoms with Crippen LogP contribution in [0, 0.1) is 0 Å². The van der Waals surface area contributed by atoms with Gasteiger partial charge in [-0.05, 0) is 0 Å². The van der Waals surface area contributed by atoms with Gasteiger partial charge in [-0.3, -0.25) is 0 Å². The summed E-state index contributed by atoms with van der Waals surface area (Å²) >= 11 is 0. The first kappa shape index (κ1) is 28.2. The molecule has 0 aliphatic rings. The molecule has 0 saturated carbocycles. The molecule has 180 valence electrons. The molecule has 2 nitrogen and oxygen atoms in total. The molecule has 0 aliphatic heterocycles. The average Bonchev–Trinajstić information content (AvgIpc) is 2.70. The molecular weight excluding hydrogens is 399 g/mol. The molecule has 1 aromatic carbocycles. The Labute approximate surface area is 193 Å². The zero-order valence-electron chi connectivity index (χ0n) is 21.2. The first-order chi connectivity index (χ1) is 14.8. The van der Waals surface area contributed by atoms with Crippen LogP contribution in [0.15, 0.2) is 30.3 Å². The molecule has 3 heteroatoms. The van der Waals surface area contributed by atoms with Crippen molar-refractivity contribution < 1.29 is 9.32 Å². The maximum atomic E-state index is 12.4. The third-order valence-corrected chi connectivity index (χ3v) is 8.31. The van der Waals surface area contributed by atoms with Gasteiger partial charge in [-0.2, -0.15) is 0 Å². The van der Waals surface area contributed by atoms with Crippen LogP contribution >= 0.6 is 6.83 Å². The standard InChI is InChI=1S/C28H51O2P/c1-5-6-7-8-9-10-11-12-13-14-15-16-17-18-22-25-28(29)30-31(2,3,4)26-27-23-20-19-21-24-27/h19-21,23-24H,5-18,22,25-26H2,1-4H3. The van der Waals surface area contributed by atoms with E-state index >= 15 is 0 Å². The van der Waals surface area contributed by atoms with Crippen LogP contribution in [-0.2, 0) is 15.5 Å². The number of hydrogen-bond donors (Lipinski definition) is 0. The van der Waals surface area contributed by atoms with E-state index in [1.165, 1.54) is 89.0 Å². The molecule has 0 unspecified atom stereocenters. The van der Waals surface area contributed by atoms with Crippen molar-refractivity contribution in [3.8, 4) is 0 Å². The molecule has 1 rings (SSSR count). The van der Waals surface area contributed by atoms with Gasteiger partial charge in [0.2, 0.25) is 0 Å². The van der Waals surface area contributed by atoms with Crippen molar-refractivity contribution >= 4 is 12.8 Å². The zero-order valence-corrected chi connectivity index (χ0v) is 22.1. The average molecular weight is 451 g/mol. The molecule has 0 amide bonds. The van der Waals surface area contributed by atoms with Crippen LogP contribution < -0.4 is 0 Å². The summed E-state index contributed by atoms with van der Waals surface area (Å²) in [5, 5.41) is 0. The van der Waals surface area contributed by atoms with E-state index < -0.39 is 6.83 Å². The van der Waals surface area contributed by atoms with Crippen molar-refractivity contribution in [2.45, 2.75) is 116 Å². The number of rotatable bonds is 19. The van der Waals surface area contributed by atoms with Gasteiger partial charge in [0.15, 0.2) is 0 Å². The van der Waals surface area contributed by atoms with E-state index in [1.54, 1.807) is 0 Å². The van der Waals surface area contributed by atoms with Crippen molar-refractivity contribution in [2.24, 2.45) is 0 Å². The van der Waals surface area contributed by atoms with E-state index in [4.69, 9.17) is 4.52 Å². The Morgan fingerprint density at radius 3 is 1.55 bits per heavy atom. The van der Waals surface area contributed by atoms with E-state index in [1.807, 2.05) is 6.07 Å². The molecule has 31 heavy (non-hydrogen) atoms. The minimum atomic E-state index is -2.44. The fourth-order valence-electron chi connectivity index (χ4n) is 4.30. The Morgan fingerprint density at radius 2 is 1.10 bits per heavy atom. The second-order valence-corrected chi connectivity index (χ2v) is 17.2. The van der Waals surface area contributed by atoms with Crippen molar-refractivity contribution in [3.05, 3.63) is 35.9 Å². The summed E-state index contributed by atoms with van der Waals surface area (Å²) in [6.45, 7) is 6.31. The van der Waals surface area contributed by atoms with Crippen LogP contribution in [0.1, 0.15) is 115 Å². The summed E-state index contributed by atoms with van der Waals surface area (Å²) < 4.78 is 6.04. The van der Waals surface area contributed by atoms with Gasteiger partial charge < -0.3 is 0 Å². The zero-order chi connectivity index (χ0) is 22.9. The van der Waals surface area contributed by atoms with Crippen molar-refractivity contribution in [1.82, 2.24) is 0 Å². The number of benzene rings is 1. The minimum absolute atomic E-state index is 0.00390. The Hall–Kier alpha value is -0.880. The number of hydrogen-bond acceptors (Lipinski definition) is 2. The van der Waals surface area contributed by atoms with Crippen LogP contribution in [0.5, 0.6) is 0 Å². The SMILES string of the molecule is CCCCCCCCCCCCCCCCCC(=O)OP(C)(C)(C)Cc1ccccc1. The number of unbranched alkanes of at least 4 members (excludes halogenated alkanes) is 14. The fourth-order valence-corrected chi connectivity index (χ4v) is 6.67. The van der Waals surface area contributed by atoms with Gasteiger partial charge in [-0.15, -0.1) is 0 Å². The Kier molecular flexibility index (Phi) is 14.4.